The molecule has 0 aromatic carbocycles. The third-order valence-electron chi connectivity index (χ3n) is 17.2. The topological polar surface area (TPSA) is 273 Å². The van der Waals surface area contributed by atoms with Gasteiger partial charge in [-0.2, -0.15) is 0 Å². The Bertz CT molecular complexity index is 4270. The van der Waals surface area contributed by atoms with E-state index >= 15 is 0 Å². The second-order valence-electron chi connectivity index (χ2n) is 22.1. The van der Waals surface area contributed by atoms with Gasteiger partial charge in [-0.25, -0.2) is 19.9 Å². The number of carboxylic acid groups (broad SMARTS) is 4. The first-order chi connectivity index (χ1) is 39.6. The molecule has 4 aliphatic rings. The molecule has 4 aliphatic heterocycles. The maximum atomic E-state index is 12.1. The molecule has 428 valence electrons. The lowest BCUT2D eigenvalue weighted by atomic mass is 10.00. The van der Waals surface area contributed by atoms with Gasteiger partial charge < -0.3 is 45.1 Å². The molecular formula is C66H70N8O9. The molecule has 10 rings (SSSR count). The SMILES string of the molecule is CCc1c(C)c2cc3nc(cc4[nH]c(cc5nc(cc1[nH]2)C(C)=C5COCC1=C(C)c2cc5[nH]c(cc6[nH]c(cc7nc(cc1n2)C(C)=C7CCC(=O)O)c(CCC(=O)O)c6C)c(C)c5CC)c(C)c4CCC(=O)O)C(CCC(=O)O)=C3C. The van der Waals surface area contributed by atoms with Gasteiger partial charge in [0.2, 0.25) is 0 Å². The van der Waals surface area contributed by atoms with Crippen molar-refractivity contribution in [1.82, 2.24) is 39.9 Å². The third-order valence-corrected chi connectivity index (χ3v) is 17.2. The average molecular weight is 1120 g/mol. The van der Waals surface area contributed by atoms with E-state index in [0.717, 1.165) is 146 Å². The summed E-state index contributed by atoms with van der Waals surface area (Å²) in [7, 11) is 0. The summed E-state index contributed by atoms with van der Waals surface area (Å²) >= 11 is 0. The summed E-state index contributed by atoms with van der Waals surface area (Å²) in [6.07, 6.45) is 2.15. The molecular weight excluding hydrogens is 1050 g/mol. The minimum absolute atomic E-state index is 0.0706. The Kier molecular flexibility index (Phi) is 16.0. The summed E-state index contributed by atoms with van der Waals surface area (Å²) in [6.45, 7) is 20.7. The van der Waals surface area contributed by atoms with E-state index in [0.29, 0.717) is 45.2 Å². The highest BCUT2D eigenvalue weighted by atomic mass is 16.5. The molecule has 0 spiro atoms. The summed E-state index contributed by atoms with van der Waals surface area (Å²) in [5.74, 6) is -3.69. The Labute approximate surface area is 480 Å². The van der Waals surface area contributed by atoms with Crippen LogP contribution in [-0.4, -0.2) is 97.4 Å². The molecule has 10 heterocycles. The van der Waals surface area contributed by atoms with Crippen LogP contribution in [0.3, 0.4) is 0 Å². The summed E-state index contributed by atoms with van der Waals surface area (Å²) in [4.78, 5) is 83.5. The molecule has 17 heteroatoms. The highest BCUT2D eigenvalue weighted by Gasteiger charge is 2.26. The fourth-order valence-electron chi connectivity index (χ4n) is 12.2. The van der Waals surface area contributed by atoms with E-state index in [1.165, 1.54) is 0 Å². The summed E-state index contributed by atoms with van der Waals surface area (Å²) < 4.78 is 6.88. The molecule has 16 bridgehead atoms. The monoisotopic (exact) mass is 1120 g/mol. The van der Waals surface area contributed by atoms with Crippen molar-refractivity contribution in [3.8, 4) is 0 Å². The van der Waals surface area contributed by atoms with Gasteiger partial charge in [0.1, 0.15) is 0 Å². The van der Waals surface area contributed by atoms with Crippen molar-refractivity contribution in [3.05, 3.63) is 139 Å². The molecule has 6 aromatic rings. The Morgan fingerprint density at radius 2 is 0.614 bits per heavy atom. The molecule has 0 atom stereocenters. The number of carbonyl (C=O) groups is 4. The second kappa shape index (κ2) is 23.1. The molecule has 6 aromatic heterocycles. The Hall–Kier alpha value is -8.96. The van der Waals surface area contributed by atoms with Crippen LogP contribution in [0.5, 0.6) is 0 Å². The average Bonchev–Trinajstić information content (AvgIpc) is 3.78. The lowest BCUT2D eigenvalue weighted by Crippen LogP contribution is -2.02. The van der Waals surface area contributed by atoms with Crippen molar-refractivity contribution in [1.29, 1.82) is 0 Å². The predicted molar refractivity (Wildman–Crippen MR) is 326 cm³/mol. The quantitative estimate of drug-likeness (QED) is 0.0398. The number of H-pyrrole nitrogens is 4. The highest BCUT2D eigenvalue weighted by Crippen LogP contribution is 2.40. The van der Waals surface area contributed by atoms with Gasteiger partial charge in [0.15, 0.2) is 0 Å². The number of aryl methyl sites for hydroxylation is 8. The fraction of sp³-hybridized carbons (Fsp3) is 0.333. The predicted octanol–water partition coefficient (Wildman–Crippen LogP) is 13.5. The van der Waals surface area contributed by atoms with Gasteiger partial charge in [0.25, 0.3) is 0 Å². The molecule has 83 heavy (non-hydrogen) atoms. The third kappa shape index (κ3) is 11.2. The van der Waals surface area contributed by atoms with E-state index in [9.17, 15) is 39.6 Å². The number of rotatable bonds is 18. The molecule has 0 radical (unpaired) electrons. The van der Waals surface area contributed by atoms with Gasteiger partial charge in [-0.15, -0.1) is 0 Å². The van der Waals surface area contributed by atoms with Gasteiger partial charge in [0.05, 0.1) is 58.8 Å². The number of carboxylic acids is 4. The highest BCUT2D eigenvalue weighted by molar-refractivity contribution is 5.98. The van der Waals surface area contributed by atoms with Crippen LogP contribution < -0.4 is 0 Å². The van der Waals surface area contributed by atoms with E-state index in [-0.39, 0.29) is 64.6 Å². The largest absolute Gasteiger partial charge is 0.481 e. The van der Waals surface area contributed by atoms with Crippen LogP contribution in [0.15, 0.2) is 48.5 Å². The van der Waals surface area contributed by atoms with Crippen LogP contribution in [0, 0.1) is 27.7 Å². The summed E-state index contributed by atoms with van der Waals surface area (Å²) in [6, 6.07) is 16.0. The summed E-state index contributed by atoms with van der Waals surface area (Å²) in [5.41, 5.74) is 26.6. The van der Waals surface area contributed by atoms with Crippen LogP contribution in [0.4, 0.5) is 0 Å². The van der Waals surface area contributed by atoms with Crippen LogP contribution in [0.25, 0.3) is 88.7 Å². The lowest BCUT2D eigenvalue weighted by Gasteiger charge is -2.09. The normalized spacial score (nSPS) is 13.5. The molecule has 0 saturated carbocycles. The summed E-state index contributed by atoms with van der Waals surface area (Å²) in [5, 5.41) is 39.4. The van der Waals surface area contributed by atoms with E-state index in [1.54, 1.807) is 0 Å². The Balaban J connectivity index is 1.13. The fourth-order valence-corrected chi connectivity index (χ4v) is 12.2. The van der Waals surface area contributed by atoms with Gasteiger partial charge in [-0.1, -0.05) is 13.8 Å². The molecule has 0 saturated heterocycles. The first-order valence-corrected chi connectivity index (χ1v) is 28.4. The van der Waals surface area contributed by atoms with E-state index in [2.05, 4.69) is 65.8 Å². The van der Waals surface area contributed by atoms with Crippen molar-refractivity contribution < 1.29 is 44.3 Å². The lowest BCUT2D eigenvalue weighted by molar-refractivity contribution is -0.138. The number of fused-ring (bicyclic) bond motifs is 16. The zero-order chi connectivity index (χ0) is 59.3. The van der Waals surface area contributed by atoms with Crippen LogP contribution in [0.2, 0.25) is 0 Å². The molecule has 17 nitrogen and oxygen atoms in total. The van der Waals surface area contributed by atoms with Gasteiger partial charge in [-0.05, 0) is 220 Å². The zero-order valence-electron chi connectivity index (χ0n) is 48.7. The molecule has 8 N–H and O–H groups in total. The van der Waals surface area contributed by atoms with E-state index in [4.69, 9.17) is 24.7 Å². The Morgan fingerprint density at radius 1 is 0.349 bits per heavy atom. The van der Waals surface area contributed by atoms with Gasteiger partial charge in [-0.3, -0.25) is 19.2 Å². The minimum atomic E-state index is -0.935. The molecule has 0 aliphatic carbocycles. The van der Waals surface area contributed by atoms with E-state index in [1.807, 2.05) is 71.9 Å². The van der Waals surface area contributed by atoms with Crippen LogP contribution in [-0.2, 0) is 49.6 Å². The number of aliphatic carboxylic acids is 4. The van der Waals surface area contributed by atoms with E-state index < -0.39 is 23.9 Å². The number of aromatic nitrogens is 8. The van der Waals surface area contributed by atoms with Gasteiger partial charge in [0, 0.05) is 81.0 Å². The van der Waals surface area contributed by atoms with Gasteiger partial charge >= 0.3 is 23.9 Å². The second-order valence-corrected chi connectivity index (χ2v) is 22.1. The van der Waals surface area contributed by atoms with Crippen molar-refractivity contribution in [2.24, 2.45) is 0 Å². The van der Waals surface area contributed by atoms with Crippen molar-refractivity contribution in [2.75, 3.05) is 13.2 Å². The first-order valence-electron chi connectivity index (χ1n) is 28.4. The Morgan fingerprint density at radius 3 is 0.988 bits per heavy atom. The number of hydrogen-bond acceptors (Lipinski definition) is 9. The number of hydrogen-bond donors (Lipinski definition) is 8. The number of nitrogens with one attached hydrogen (secondary N) is 4. The van der Waals surface area contributed by atoms with Crippen LogP contribution in [0.1, 0.15) is 170 Å². The number of allylic oxidation sites excluding steroid dienone is 6. The smallest absolute Gasteiger partial charge is 0.303 e. The number of nitrogens with zero attached hydrogens (tertiary/aromatic N) is 4. The number of ether oxygens (including phenoxy) is 1. The minimum Gasteiger partial charge on any atom is -0.481 e. The van der Waals surface area contributed by atoms with Crippen molar-refractivity contribution >= 4 is 113 Å². The van der Waals surface area contributed by atoms with Crippen molar-refractivity contribution in [2.45, 2.75) is 133 Å². The molecule has 0 amide bonds. The first kappa shape index (κ1) is 57.3. The van der Waals surface area contributed by atoms with Crippen LogP contribution >= 0.6 is 0 Å². The molecule has 0 unspecified atom stereocenters. The maximum Gasteiger partial charge on any atom is 0.303 e. The van der Waals surface area contributed by atoms with Crippen molar-refractivity contribution in [3.63, 3.8) is 0 Å². The molecule has 0 fully saturated rings. The zero-order valence-corrected chi connectivity index (χ0v) is 48.7. The maximum absolute atomic E-state index is 12.1. The standard InChI is InChI=1S/C66H70N8O9/c1-11-39-31(3)47-21-49-33(5)41(13-17-63(75)76)57(69-49)27-59-43(15-19-65(79)80)35(7)51(71-59)25-61-45(37(9)53(73-61)23-55(39)67-47)29-83-30-46-38(10)54-24-56-40(12-2)32(4)48(68-56)22-50-34(6)42(14-18-64(77)78)58(70-50)28-60-44(16-20-66(81)82)36(8)52(72-60)26-62(46)74-54/h21-28,67-69,72H,11-20,29-30H2,1-10H3,(H,75,76)(H,77,78)(H,79,80)(H,81,82). The number of aromatic amines is 4.